The van der Waals surface area contributed by atoms with Crippen molar-refractivity contribution in [2.75, 3.05) is 11.1 Å². The van der Waals surface area contributed by atoms with E-state index in [0.717, 1.165) is 20.8 Å². The molecule has 2 heterocycles. The Bertz CT molecular complexity index is 954. The third-order valence-corrected chi connectivity index (χ3v) is 5.74. The molecule has 25 heavy (non-hydrogen) atoms. The molecule has 9 heteroatoms. The highest BCUT2D eigenvalue weighted by Crippen LogP contribution is 2.34. The molecule has 3 rings (SSSR count). The molecule has 0 fully saturated rings. The molecule has 3 aromatic rings. The Morgan fingerprint density at radius 2 is 2.00 bits per heavy atom. The number of carbonyl (C=O) groups is 1. The smallest absolute Gasteiger partial charge is 0.269 e. The van der Waals surface area contributed by atoms with Gasteiger partial charge in [0.25, 0.3) is 5.69 Å². The minimum Gasteiger partial charge on any atom is -0.325 e. The molecular weight excluding hydrogens is 360 g/mol. The van der Waals surface area contributed by atoms with Gasteiger partial charge in [-0.05, 0) is 31.5 Å². The molecule has 0 radical (unpaired) electrons. The van der Waals surface area contributed by atoms with Crippen molar-refractivity contribution in [3.8, 4) is 0 Å². The molecule has 0 aliphatic carbocycles. The van der Waals surface area contributed by atoms with Gasteiger partial charge in [-0.2, -0.15) is 0 Å². The number of hydrogen-bond donors (Lipinski definition) is 1. The first kappa shape index (κ1) is 17.3. The van der Waals surface area contributed by atoms with Gasteiger partial charge in [-0.3, -0.25) is 14.9 Å². The maximum atomic E-state index is 12.1. The first-order chi connectivity index (χ1) is 12.0. The molecule has 1 N–H and O–H groups in total. The van der Waals surface area contributed by atoms with Crippen LogP contribution in [0.3, 0.4) is 0 Å². The minimum atomic E-state index is -0.479. The van der Waals surface area contributed by atoms with Crippen LogP contribution < -0.4 is 5.32 Å². The van der Waals surface area contributed by atoms with Crippen LogP contribution in [0.5, 0.6) is 0 Å². The first-order valence-corrected chi connectivity index (χ1v) is 9.13. The fraction of sp³-hybridized carbons (Fsp3) is 0.188. The second-order valence-electron chi connectivity index (χ2n) is 5.28. The number of benzene rings is 1. The predicted molar refractivity (Wildman–Crippen MR) is 99.3 cm³/mol. The first-order valence-electron chi connectivity index (χ1n) is 7.33. The number of rotatable bonds is 5. The fourth-order valence-corrected chi connectivity index (χ4v) is 4.17. The Hall–Kier alpha value is -2.52. The molecule has 128 valence electrons. The van der Waals surface area contributed by atoms with Gasteiger partial charge in [0, 0.05) is 28.1 Å². The molecular formula is C16H14N4O3S2. The SMILES string of the molecule is Cc1sc2ncnc(SCC(=O)Nc3ccc([N+](=O)[O-])cc3)c2c1C. The third-order valence-electron chi connectivity index (χ3n) is 3.63. The summed E-state index contributed by atoms with van der Waals surface area (Å²) >= 11 is 2.96. The summed E-state index contributed by atoms with van der Waals surface area (Å²) < 4.78 is 0. The fourth-order valence-electron chi connectivity index (χ4n) is 2.26. The number of non-ortho nitro benzene ring substituents is 1. The number of fused-ring (bicyclic) bond motifs is 1. The topological polar surface area (TPSA) is 98.0 Å². The molecule has 2 aromatic heterocycles. The number of amides is 1. The number of nitro groups is 1. The highest BCUT2D eigenvalue weighted by molar-refractivity contribution is 8.00. The van der Waals surface area contributed by atoms with Gasteiger partial charge in [0.05, 0.1) is 10.7 Å². The Kier molecular flexibility index (Phi) is 4.95. The molecule has 0 spiro atoms. The van der Waals surface area contributed by atoms with Crippen LogP contribution in [0, 0.1) is 24.0 Å². The van der Waals surface area contributed by atoms with Crippen molar-refractivity contribution >= 4 is 50.6 Å². The van der Waals surface area contributed by atoms with Crippen LogP contribution >= 0.6 is 23.1 Å². The Balaban J connectivity index is 1.67. The normalized spacial score (nSPS) is 10.8. The van der Waals surface area contributed by atoms with Crippen molar-refractivity contribution in [3.05, 3.63) is 51.1 Å². The lowest BCUT2D eigenvalue weighted by Gasteiger charge is -2.05. The molecule has 7 nitrogen and oxygen atoms in total. The zero-order valence-electron chi connectivity index (χ0n) is 13.5. The van der Waals surface area contributed by atoms with Crippen LogP contribution in [0.4, 0.5) is 11.4 Å². The Labute approximate surface area is 151 Å². The van der Waals surface area contributed by atoms with Crippen molar-refractivity contribution in [1.82, 2.24) is 9.97 Å². The van der Waals surface area contributed by atoms with Crippen LogP contribution in [0.15, 0.2) is 35.6 Å². The maximum Gasteiger partial charge on any atom is 0.269 e. The zero-order chi connectivity index (χ0) is 18.0. The molecule has 0 aliphatic heterocycles. The molecule has 0 aliphatic rings. The summed E-state index contributed by atoms with van der Waals surface area (Å²) in [4.78, 5) is 33.0. The molecule has 0 saturated heterocycles. The van der Waals surface area contributed by atoms with Crippen molar-refractivity contribution in [3.63, 3.8) is 0 Å². The summed E-state index contributed by atoms with van der Waals surface area (Å²) in [6, 6.07) is 5.73. The standard InChI is InChI=1S/C16H14N4O3S2/c1-9-10(2)25-16-14(9)15(17-8-18-16)24-7-13(21)19-11-3-5-12(6-4-11)20(22)23/h3-6,8H,7H2,1-2H3,(H,19,21). The average molecular weight is 374 g/mol. The lowest BCUT2D eigenvalue weighted by molar-refractivity contribution is -0.384. The number of thiophene rings is 1. The number of carbonyl (C=O) groups excluding carboxylic acids is 1. The van der Waals surface area contributed by atoms with Gasteiger partial charge in [0.2, 0.25) is 5.91 Å². The highest BCUT2D eigenvalue weighted by atomic mass is 32.2. The van der Waals surface area contributed by atoms with Crippen molar-refractivity contribution in [2.24, 2.45) is 0 Å². The van der Waals surface area contributed by atoms with Gasteiger partial charge in [0.15, 0.2) is 0 Å². The van der Waals surface area contributed by atoms with Gasteiger partial charge in [-0.1, -0.05) is 11.8 Å². The molecule has 0 saturated carbocycles. The molecule has 0 atom stereocenters. The summed E-state index contributed by atoms with van der Waals surface area (Å²) in [7, 11) is 0. The molecule has 1 aromatic carbocycles. The van der Waals surface area contributed by atoms with E-state index in [4.69, 9.17) is 0 Å². The second kappa shape index (κ2) is 7.16. The number of aryl methyl sites for hydroxylation is 2. The number of nitrogens with one attached hydrogen (secondary N) is 1. The van der Waals surface area contributed by atoms with Gasteiger partial charge < -0.3 is 5.32 Å². The highest BCUT2D eigenvalue weighted by Gasteiger charge is 2.14. The number of nitro benzene ring substituents is 1. The number of nitrogens with zero attached hydrogens (tertiary/aromatic N) is 3. The third kappa shape index (κ3) is 3.77. The van der Waals surface area contributed by atoms with Gasteiger partial charge in [0.1, 0.15) is 16.2 Å². The van der Waals surface area contributed by atoms with Crippen LogP contribution in [-0.4, -0.2) is 26.6 Å². The summed E-state index contributed by atoms with van der Waals surface area (Å²) in [6.07, 6.45) is 1.51. The van der Waals surface area contributed by atoms with Gasteiger partial charge in [-0.15, -0.1) is 11.3 Å². The van der Waals surface area contributed by atoms with Crippen LogP contribution in [0.25, 0.3) is 10.2 Å². The number of anilines is 1. The average Bonchev–Trinajstić information content (AvgIpc) is 2.88. The predicted octanol–water partition coefficient (Wildman–Crippen LogP) is 3.95. The van der Waals surface area contributed by atoms with E-state index in [-0.39, 0.29) is 17.3 Å². The van der Waals surface area contributed by atoms with Crippen molar-refractivity contribution in [2.45, 2.75) is 18.9 Å². The minimum absolute atomic E-state index is 0.0148. The lowest BCUT2D eigenvalue weighted by atomic mass is 10.2. The van der Waals surface area contributed by atoms with E-state index < -0.39 is 4.92 Å². The van der Waals surface area contributed by atoms with E-state index in [9.17, 15) is 14.9 Å². The van der Waals surface area contributed by atoms with Crippen LogP contribution in [-0.2, 0) is 4.79 Å². The van der Waals surface area contributed by atoms with E-state index in [2.05, 4.69) is 15.3 Å². The summed E-state index contributed by atoms with van der Waals surface area (Å²) in [5.41, 5.74) is 1.64. The number of hydrogen-bond acceptors (Lipinski definition) is 7. The summed E-state index contributed by atoms with van der Waals surface area (Å²) in [5, 5.41) is 15.1. The molecule has 0 unspecified atom stereocenters. The van der Waals surface area contributed by atoms with Crippen molar-refractivity contribution < 1.29 is 9.72 Å². The van der Waals surface area contributed by atoms with Crippen LogP contribution in [0.1, 0.15) is 10.4 Å². The molecule has 1 amide bonds. The van der Waals surface area contributed by atoms with E-state index in [1.807, 2.05) is 13.8 Å². The Morgan fingerprint density at radius 1 is 1.28 bits per heavy atom. The monoisotopic (exact) mass is 374 g/mol. The number of aromatic nitrogens is 2. The quantitative estimate of drug-likeness (QED) is 0.314. The maximum absolute atomic E-state index is 12.1. The van der Waals surface area contributed by atoms with Gasteiger partial charge in [-0.25, -0.2) is 9.97 Å². The van der Waals surface area contributed by atoms with Crippen LogP contribution in [0.2, 0.25) is 0 Å². The summed E-state index contributed by atoms with van der Waals surface area (Å²) in [6.45, 7) is 4.07. The Morgan fingerprint density at radius 3 is 2.68 bits per heavy atom. The van der Waals surface area contributed by atoms with Crippen molar-refractivity contribution in [1.29, 1.82) is 0 Å². The zero-order valence-corrected chi connectivity index (χ0v) is 15.1. The summed E-state index contributed by atoms with van der Waals surface area (Å²) in [5.74, 6) is -0.00697. The van der Waals surface area contributed by atoms with E-state index in [0.29, 0.717) is 5.69 Å². The molecule has 0 bridgehead atoms. The van der Waals surface area contributed by atoms with E-state index >= 15 is 0 Å². The lowest BCUT2D eigenvalue weighted by Crippen LogP contribution is -2.14. The second-order valence-corrected chi connectivity index (χ2v) is 7.45. The largest absolute Gasteiger partial charge is 0.325 e. The van der Waals surface area contributed by atoms with Gasteiger partial charge >= 0.3 is 0 Å². The van der Waals surface area contributed by atoms with E-state index in [1.54, 1.807) is 11.3 Å². The number of thioether (sulfide) groups is 1. The van der Waals surface area contributed by atoms with E-state index in [1.165, 1.54) is 47.2 Å².